The van der Waals surface area contributed by atoms with Crippen molar-refractivity contribution in [2.45, 2.75) is 12.8 Å². The Morgan fingerprint density at radius 2 is 1.67 bits per heavy atom. The van der Waals surface area contributed by atoms with Crippen LogP contribution in [0, 0.1) is 0 Å². The molecule has 0 spiro atoms. The fourth-order valence-electron chi connectivity index (χ4n) is 3.58. The molecule has 0 fully saturated rings. The van der Waals surface area contributed by atoms with Crippen molar-refractivity contribution < 1.29 is 13.5 Å². The highest BCUT2D eigenvalue weighted by atomic mass is 19.3. The topological polar surface area (TPSA) is 39.1 Å². The summed E-state index contributed by atoms with van der Waals surface area (Å²) in [6, 6.07) is 22.7. The molecule has 5 rings (SSSR count). The monoisotopic (exact) mass is 363 g/mol. The number of halogens is 2. The van der Waals surface area contributed by atoms with Gasteiger partial charge in [0.1, 0.15) is 17.7 Å². The number of hydrogen-bond donors (Lipinski definition) is 1. The first-order chi connectivity index (χ1) is 13.2. The summed E-state index contributed by atoms with van der Waals surface area (Å²) in [7, 11) is 0. The molecular formula is C21H15F2N3O. The van der Waals surface area contributed by atoms with Gasteiger partial charge in [-0.3, -0.25) is 4.57 Å². The van der Waals surface area contributed by atoms with Crippen LogP contribution in [-0.4, -0.2) is 16.2 Å². The van der Waals surface area contributed by atoms with E-state index in [1.165, 1.54) is 0 Å². The third kappa shape index (κ3) is 2.61. The van der Waals surface area contributed by atoms with Crippen LogP contribution >= 0.6 is 0 Å². The molecule has 0 amide bonds. The van der Waals surface area contributed by atoms with E-state index in [4.69, 9.17) is 4.98 Å². The van der Waals surface area contributed by atoms with Gasteiger partial charge in [-0.2, -0.15) is 8.78 Å². The molecule has 3 aromatic carbocycles. The molecule has 1 aliphatic heterocycles. The van der Waals surface area contributed by atoms with E-state index in [-0.39, 0.29) is 11.9 Å². The van der Waals surface area contributed by atoms with Gasteiger partial charge in [-0.25, -0.2) is 4.98 Å². The Morgan fingerprint density at radius 3 is 2.48 bits per heavy atom. The molecule has 0 aliphatic carbocycles. The minimum absolute atomic E-state index is 0.140. The largest absolute Gasteiger partial charge is 0.435 e. The van der Waals surface area contributed by atoms with Crippen LogP contribution in [0.4, 0.5) is 14.5 Å². The molecule has 1 aromatic heterocycles. The van der Waals surface area contributed by atoms with Crippen LogP contribution in [0.5, 0.6) is 5.75 Å². The van der Waals surface area contributed by atoms with Gasteiger partial charge in [0.05, 0.1) is 11.0 Å². The number of fused-ring (bicyclic) bond motifs is 5. The Balaban J connectivity index is 1.66. The molecule has 1 N–H and O–H groups in total. The first-order valence-electron chi connectivity index (χ1n) is 8.58. The standard InChI is InChI=1S/C21H15F2N3O/c22-21(23)27-14-11-9-13(10-12-14)19-24-16-6-2-1-5-15(16)20-25-17-7-3-4-8-18(17)26(19)20/h1-12,19,21,24H/t19-/m0/s1. The molecule has 27 heavy (non-hydrogen) atoms. The summed E-state index contributed by atoms with van der Waals surface area (Å²) in [6.07, 6.45) is -0.206. The van der Waals surface area contributed by atoms with Crippen LogP contribution in [0.1, 0.15) is 11.7 Å². The van der Waals surface area contributed by atoms with Gasteiger partial charge in [-0.05, 0) is 42.0 Å². The Kier molecular flexibility index (Phi) is 3.57. The van der Waals surface area contributed by atoms with E-state index in [1.54, 1.807) is 24.3 Å². The summed E-state index contributed by atoms with van der Waals surface area (Å²) in [5.74, 6) is 1.02. The van der Waals surface area contributed by atoms with Gasteiger partial charge >= 0.3 is 6.61 Å². The third-order valence-electron chi connectivity index (χ3n) is 4.74. The number of nitrogens with zero attached hydrogens (tertiary/aromatic N) is 2. The molecule has 4 aromatic rings. The van der Waals surface area contributed by atoms with E-state index >= 15 is 0 Å². The van der Waals surface area contributed by atoms with Crippen LogP contribution in [0.2, 0.25) is 0 Å². The Morgan fingerprint density at radius 1 is 0.926 bits per heavy atom. The number of anilines is 1. The molecule has 0 unspecified atom stereocenters. The van der Waals surface area contributed by atoms with E-state index in [9.17, 15) is 8.78 Å². The Hall–Kier alpha value is -3.41. The van der Waals surface area contributed by atoms with Gasteiger partial charge in [-0.1, -0.05) is 36.4 Å². The highest BCUT2D eigenvalue weighted by molar-refractivity contribution is 5.86. The first kappa shape index (κ1) is 15.8. The molecule has 134 valence electrons. The van der Waals surface area contributed by atoms with Gasteiger partial charge in [-0.15, -0.1) is 0 Å². The second kappa shape index (κ2) is 6.09. The average molecular weight is 363 g/mol. The highest BCUT2D eigenvalue weighted by Crippen LogP contribution is 2.40. The van der Waals surface area contributed by atoms with Crippen LogP contribution in [0.15, 0.2) is 72.8 Å². The quantitative estimate of drug-likeness (QED) is 0.538. The molecule has 1 atom stereocenters. The normalized spacial score (nSPS) is 15.3. The number of para-hydroxylation sites is 3. The molecular weight excluding hydrogens is 348 g/mol. The van der Waals surface area contributed by atoms with Gasteiger partial charge in [0.25, 0.3) is 0 Å². The van der Waals surface area contributed by atoms with Gasteiger partial charge in [0.2, 0.25) is 0 Å². The lowest BCUT2D eigenvalue weighted by Crippen LogP contribution is -2.24. The van der Waals surface area contributed by atoms with Crippen molar-refractivity contribution in [1.82, 2.24) is 9.55 Å². The van der Waals surface area contributed by atoms with Crippen molar-refractivity contribution in [2.24, 2.45) is 0 Å². The van der Waals surface area contributed by atoms with E-state index in [0.717, 1.165) is 33.7 Å². The lowest BCUT2D eigenvalue weighted by Gasteiger charge is -2.30. The van der Waals surface area contributed by atoms with Crippen molar-refractivity contribution in [3.63, 3.8) is 0 Å². The summed E-state index contributed by atoms with van der Waals surface area (Å²) in [5.41, 5.74) is 4.86. The zero-order valence-corrected chi connectivity index (χ0v) is 14.1. The van der Waals surface area contributed by atoms with E-state index in [2.05, 4.69) is 14.6 Å². The minimum Gasteiger partial charge on any atom is -0.435 e. The van der Waals surface area contributed by atoms with Crippen molar-refractivity contribution in [1.29, 1.82) is 0 Å². The summed E-state index contributed by atoms with van der Waals surface area (Å²) in [4.78, 5) is 4.83. The zero-order valence-electron chi connectivity index (χ0n) is 14.1. The number of ether oxygens (including phenoxy) is 1. The van der Waals surface area contributed by atoms with E-state index in [0.29, 0.717) is 0 Å². The van der Waals surface area contributed by atoms with Crippen molar-refractivity contribution >= 4 is 16.7 Å². The zero-order chi connectivity index (χ0) is 18.4. The maximum Gasteiger partial charge on any atom is 0.387 e. The van der Waals surface area contributed by atoms with Crippen molar-refractivity contribution in [3.05, 3.63) is 78.4 Å². The van der Waals surface area contributed by atoms with Gasteiger partial charge < -0.3 is 10.1 Å². The van der Waals surface area contributed by atoms with Crippen LogP contribution in [0.25, 0.3) is 22.4 Å². The van der Waals surface area contributed by atoms with Crippen molar-refractivity contribution in [2.75, 3.05) is 5.32 Å². The predicted molar refractivity (Wildman–Crippen MR) is 100 cm³/mol. The number of alkyl halides is 2. The van der Waals surface area contributed by atoms with Gasteiger partial charge in [0.15, 0.2) is 0 Å². The van der Waals surface area contributed by atoms with E-state index in [1.807, 2.05) is 48.5 Å². The molecule has 2 heterocycles. The van der Waals surface area contributed by atoms with Gasteiger partial charge in [0, 0.05) is 11.3 Å². The van der Waals surface area contributed by atoms with Crippen LogP contribution < -0.4 is 10.1 Å². The number of aromatic nitrogens is 2. The third-order valence-corrected chi connectivity index (χ3v) is 4.74. The summed E-state index contributed by atoms with van der Waals surface area (Å²) < 4.78 is 31.5. The summed E-state index contributed by atoms with van der Waals surface area (Å²) in [5, 5.41) is 3.54. The molecule has 1 aliphatic rings. The average Bonchev–Trinajstić information content (AvgIpc) is 3.07. The van der Waals surface area contributed by atoms with Crippen LogP contribution in [-0.2, 0) is 0 Å². The fraction of sp³-hybridized carbons (Fsp3) is 0.0952. The highest BCUT2D eigenvalue weighted by Gasteiger charge is 2.27. The van der Waals surface area contributed by atoms with Crippen LogP contribution in [0.3, 0.4) is 0 Å². The Bertz CT molecular complexity index is 1120. The second-order valence-corrected chi connectivity index (χ2v) is 6.33. The molecule has 0 saturated heterocycles. The number of hydrogen-bond acceptors (Lipinski definition) is 3. The smallest absolute Gasteiger partial charge is 0.387 e. The summed E-state index contributed by atoms with van der Waals surface area (Å²) in [6.45, 7) is -2.83. The van der Waals surface area contributed by atoms with Crippen molar-refractivity contribution in [3.8, 4) is 17.1 Å². The Labute approximate surface area is 154 Å². The maximum absolute atomic E-state index is 12.4. The maximum atomic E-state index is 12.4. The first-order valence-corrected chi connectivity index (χ1v) is 8.58. The fourth-order valence-corrected chi connectivity index (χ4v) is 3.58. The second-order valence-electron chi connectivity index (χ2n) is 6.33. The number of imidazole rings is 1. The molecule has 4 nitrogen and oxygen atoms in total. The molecule has 6 heteroatoms. The summed E-state index contributed by atoms with van der Waals surface area (Å²) >= 11 is 0. The number of nitrogens with one attached hydrogen (secondary N) is 1. The predicted octanol–water partition coefficient (Wildman–Crippen LogP) is 5.28. The SMILES string of the molecule is FC(F)Oc1ccc([C@H]2Nc3ccccc3-c3nc4ccccc4n32)cc1. The molecule has 0 radical (unpaired) electrons. The number of rotatable bonds is 3. The van der Waals surface area contributed by atoms with E-state index < -0.39 is 6.61 Å². The molecule has 0 saturated carbocycles. The minimum atomic E-state index is -2.83. The lowest BCUT2D eigenvalue weighted by molar-refractivity contribution is -0.0498. The lowest BCUT2D eigenvalue weighted by atomic mass is 10.1. The number of benzene rings is 3. The molecule has 0 bridgehead atoms.